The minimum Gasteiger partial charge on any atom is -0.496 e. The van der Waals surface area contributed by atoms with Gasteiger partial charge in [-0.1, -0.05) is 5.22 Å². The molecule has 1 saturated heterocycles. The van der Waals surface area contributed by atoms with Gasteiger partial charge in [-0.15, -0.1) is 5.11 Å². The summed E-state index contributed by atoms with van der Waals surface area (Å²) in [4.78, 5) is 0. The molecule has 0 aliphatic carbocycles. The van der Waals surface area contributed by atoms with E-state index in [0.717, 1.165) is 29.0 Å². The third-order valence-electron chi connectivity index (χ3n) is 2.50. The molecular formula is C11H14BrN3O. The van der Waals surface area contributed by atoms with Crippen LogP contribution in [0.1, 0.15) is 12.8 Å². The first-order valence-electron chi connectivity index (χ1n) is 5.30. The zero-order chi connectivity index (χ0) is 11.4. The van der Waals surface area contributed by atoms with Gasteiger partial charge in [0.25, 0.3) is 0 Å². The molecule has 1 aromatic rings. The molecule has 4 nitrogen and oxygen atoms in total. The molecule has 0 saturated carbocycles. The minimum atomic E-state index is 0.806. The fourth-order valence-corrected chi connectivity index (χ4v) is 2.15. The molecule has 2 rings (SSSR count). The normalized spacial score (nSPS) is 16.0. The van der Waals surface area contributed by atoms with Crippen molar-refractivity contribution < 1.29 is 4.74 Å². The van der Waals surface area contributed by atoms with Gasteiger partial charge in [0.1, 0.15) is 5.75 Å². The lowest BCUT2D eigenvalue weighted by molar-refractivity contribution is 0.336. The molecule has 1 heterocycles. The van der Waals surface area contributed by atoms with Crippen molar-refractivity contribution in [3.05, 3.63) is 22.7 Å². The maximum absolute atomic E-state index is 5.15. The molecule has 0 N–H and O–H groups in total. The van der Waals surface area contributed by atoms with Gasteiger partial charge >= 0.3 is 0 Å². The summed E-state index contributed by atoms with van der Waals surface area (Å²) in [5, 5.41) is 10.4. The van der Waals surface area contributed by atoms with Gasteiger partial charge in [0.15, 0.2) is 0 Å². The highest BCUT2D eigenvalue weighted by Gasteiger charge is 2.08. The number of benzene rings is 1. The van der Waals surface area contributed by atoms with Crippen LogP contribution in [0.5, 0.6) is 5.75 Å². The second-order valence-electron chi connectivity index (χ2n) is 3.67. The van der Waals surface area contributed by atoms with Gasteiger partial charge in [-0.2, -0.15) is 0 Å². The molecule has 1 aliphatic rings. The lowest BCUT2D eigenvalue weighted by Gasteiger charge is -2.07. The molecular weight excluding hydrogens is 270 g/mol. The first-order chi connectivity index (χ1) is 7.79. The highest BCUT2D eigenvalue weighted by atomic mass is 79.9. The van der Waals surface area contributed by atoms with E-state index in [4.69, 9.17) is 4.74 Å². The van der Waals surface area contributed by atoms with Crippen LogP contribution in [0.4, 0.5) is 5.69 Å². The fraction of sp³-hybridized carbons (Fsp3) is 0.455. The number of halogens is 1. The van der Waals surface area contributed by atoms with E-state index >= 15 is 0 Å². The van der Waals surface area contributed by atoms with Gasteiger partial charge in [0, 0.05) is 13.1 Å². The van der Waals surface area contributed by atoms with E-state index in [0.29, 0.717) is 0 Å². The van der Waals surface area contributed by atoms with Crippen LogP contribution in [-0.4, -0.2) is 25.2 Å². The van der Waals surface area contributed by atoms with Gasteiger partial charge in [0.05, 0.1) is 17.3 Å². The molecule has 1 aliphatic heterocycles. The van der Waals surface area contributed by atoms with Crippen molar-refractivity contribution in [2.45, 2.75) is 12.8 Å². The quantitative estimate of drug-likeness (QED) is 0.796. The molecule has 0 bridgehead atoms. The van der Waals surface area contributed by atoms with E-state index in [9.17, 15) is 0 Å². The molecule has 0 aromatic heterocycles. The summed E-state index contributed by atoms with van der Waals surface area (Å²) < 4.78 is 6.04. The van der Waals surface area contributed by atoms with Crippen LogP contribution in [0.25, 0.3) is 0 Å². The molecule has 0 radical (unpaired) electrons. The third kappa shape index (κ3) is 2.72. The first-order valence-corrected chi connectivity index (χ1v) is 6.09. The SMILES string of the molecule is COc1ccc(N=NN2CCCC2)cc1Br. The molecule has 0 atom stereocenters. The Morgan fingerprint density at radius 3 is 2.69 bits per heavy atom. The zero-order valence-electron chi connectivity index (χ0n) is 9.19. The van der Waals surface area contributed by atoms with Crippen LogP contribution < -0.4 is 4.74 Å². The number of rotatable bonds is 3. The van der Waals surface area contributed by atoms with E-state index in [1.165, 1.54) is 12.8 Å². The molecule has 0 spiro atoms. The zero-order valence-corrected chi connectivity index (χ0v) is 10.8. The molecule has 1 aromatic carbocycles. The van der Waals surface area contributed by atoms with Crippen molar-refractivity contribution in [3.8, 4) is 5.75 Å². The van der Waals surface area contributed by atoms with Gasteiger partial charge in [-0.25, -0.2) is 0 Å². The van der Waals surface area contributed by atoms with Crippen molar-refractivity contribution in [1.82, 2.24) is 5.01 Å². The maximum Gasteiger partial charge on any atom is 0.133 e. The van der Waals surface area contributed by atoms with Crippen LogP contribution >= 0.6 is 15.9 Å². The second kappa shape index (κ2) is 5.30. The predicted octanol–water partition coefficient (Wildman–Crippen LogP) is 3.55. The van der Waals surface area contributed by atoms with Crippen molar-refractivity contribution >= 4 is 21.6 Å². The monoisotopic (exact) mass is 283 g/mol. The van der Waals surface area contributed by atoms with E-state index in [2.05, 4.69) is 26.3 Å². The van der Waals surface area contributed by atoms with Gasteiger partial charge in [0.2, 0.25) is 0 Å². The Morgan fingerprint density at radius 2 is 2.06 bits per heavy atom. The highest BCUT2D eigenvalue weighted by molar-refractivity contribution is 9.10. The Bertz CT molecular complexity index is 389. The van der Waals surface area contributed by atoms with Crippen LogP contribution in [0.2, 0.25) is 0 Å². The summed E-state index contributed by atoms with van der Waals surface area (Å²) in [6, 6.07) is 5.67. The Kier molecular flexibility index (Phi) is 3.77. The fourth-order valence-electron chi connectivity index (χ4n) is 1.62. The van der Waals surface area contributed by atoms with E-state index in [1.54, 1.807) is 7.11 Å². The molecule has 1 fully saturated rings. The largest absolute Gasteiger partial charge is 0.496 e. The Labute approximate surface area is 103 Å². The molecule has 5 heteroatoms. The number of nitrogens with zero attached hydrogens (tertiary/aromatic N) is 3. The number of methoxy groups -OCH3 is 1. The standard InChI is InChI=1S/C11H14BrN3O/c1-16-11-5-4-9(8-10(11)12)13-14-15-6-2-3-7-15/h4-5,8H,2-3,6-7H2,1H3. The van der Waals surface area contributed by atoms with Gasteiger partial charge in [-0.3, -0.25) is 5.01 Å². The molecule has 86 valence electrons. The number of hydrogen-bond donors (Lipinski definition) is 0. The Balaban J connectivity index is 2.06. The van der Waals surface area contributed by atoms with Crippen LogP contribution in [-0.2, 0) is 0 Å². The van der Waals surface area contributed by atoms with Crippen LogP contribution in [0.15, 0.2) is 33.0 Å². The highest BCUT2D eigenvalue weighted by Crippen LogP contribution is 2.29. The summed E-state index contributed by atoms with van der Waals surface area (Å²) in [7, 11) is 1.64. The Hall–Kier alpha value is -1.10. The number of ether oxygens (including phenoxy) is 1. The van der Waals surface area contributed by atoms with E-state index in [1.807, 2.05) is 23.2 Å². The first kappa shape index (κ1) is 11.4. The van der Waals surface area contributed by atoms with Crippen LogP contribution in [0, 0.1) is 0 Å². The second-order valence-corrected chi connectivity index (χ2v) is 4.52. The smallest absolute Gasteiger partial charge is 0.133 e. The molecule has 16 heavy (non-hydrogen) atoms. The summed E-state index contributed by atoms with van der Waals surface area (Å²) in [5.41, 5.74) is 0.833. The van der Waals surface area contributed by atoms with Gasteiger partial charge in [-0.05, 0) is 47.0 Å². The lowest BCUT2D eigenvalue weighted by Crippen LogP contribution is -2.09. The summed E-state index contributed by atoms with van der Waals surface area (Å²) >= 11 is 3.42. The Morgan fingerprint density at radius 1 is 1.31 bits per heavy atom. The van der Waals surface area contributed by atoms with E-state index < -0.39 is 0 Å². The van der Waals surface area contributed by atoms with Crippen molar-refractivity contribution in [2.24, 2.45) is 10.3 Å². The molecule has 0 unspecified atom stereocenters. The summed E-state index contributed by atoms with van der Waals surface area (Å²) in [6.45, 7) is 2.03. The molecule has 0 amide bonds. The average Bonchev–Trinajstić information content (AvgIpc) is 2.79. The third-order valence-corrected chi connectivity index (χ3v) is 3.12. The van der Waals surface area contributed by atoms with E-state index in [-0.39, 0.29) is 0 Å². The average molecular weight is 284 g/mol. The summed E-state index contributed by atoms with van der Waals surface area (Å²) in [6.07, 6.45) is 2.43. The van der Waals surface area contributed by atoms with Crippen LogP contribution in [0.3, 0.4) is 0 Å². The topological polar surface area (TPSA) is 37.2 Å². The minimum absolute atomic E-state index is 0.806. The number of hydrogen-bond acceptors (Lipinski definition) is 3. The van der Waals surface area contributed by atoms with Crippen molar-refractivity contribution in [1.29, 1.82) is 0 Å². The maximum atomic E-state index is 5.15. The predicted molar refractivity (Wildman–Crippen MR) is 66.0 cm³/mol. The van der Waals surface area contributed by atoms with Crippen molar-refractivity contribution in [2.75, 3.05) is 20.2 Å². The van der Waals surface area contributed by atoms with Gasteiger partial charge < -0.3 is 4.74 Å². The summed E-state index contributed by atoms with van der Waals surface area (Å²) in [5.74, 6) is 0.806. The lowest BCUT2D eigenvalue weighted by atomic mass is 10.3. The van der Waals surface area contributed by atoms with Crippen molar-refractivity contribution in [3.63, 3.8) is 0 Å².